The molecule has 0 N–H and O–H groups in total. The van der Waals surface area contributed by atoms with Gasteiger partial charge in [0.1, 0.15) is 5.75 Å². The highest BCUT2D eigenvalue weighted by atomic mass is 35.7. The summed E-state index contributed by atoms with van der Waals surface area (Å²) in [4.78, 5) is 0. The van der Waals surface area contributed by atoms with Crippen LogP contribution in [0.2, 0.25) is 0 Å². The van der Waals surface area contributed by atoms with Crippen molar-refractivity contribution in [1.29, 1.82) is 0 Å². The van der Waals surface area contributed by atoms with Crippen molar-refractivity contribution >= 4 is 23.8 Å². The largest absolute Gasteiger partial charge is 0.497 e. The van der Waals surface area contributed by atoms with E-state index in [0.29, 0.717) is 0 Å². The standard InChI is InChI=1S/C8H10ClOP/c1-10-7-3-5-8(6-4-7)11(2)9/h3-6H,1-2H3. The van der Waals surface area contributed by atoms with Gasteiger partial charge in [0.2, 0.25) is 0 Å². The molecule has 0 aliphatic carbocycles. The molecule has 1 unspecified atom stereocenters. The molecule has 1 aromatic rings. The van der Waals surface area contributed by atoms with Gasteiger partial charge in [-0.3, -0.25) is 0 Å². The van der Waals surface area contributed by atoms with Crippen molar-refractivity contribution in [2.24, 2.45) is 0 Å². The summed E-state index contributed by atoms with van der Waals surface area (Å²) in [5.74, 6) is 0.877. The fraction of sp³-hybridized carbons (Fsp3) is 0.250. The third-order valence-corrected chi connectivity index (χ3v) is 3.02. The van der Waals surface area contributed by atoms with Gasteiger partial charge in [-0.15, -0.1) is 0 Å². The summed E-state index contributed by atoms with van der Waals surface area (Å²) in [6.07, 6.45) is 0. The summed E-state index contributed by atoms with van der Waals surface area (Å²) < 4.78 is 5.01. The van der Waals surface area contributed by atoms with Crippen LogP contribution < -0.4 is 10.0 Å². The zero-order valence-electron chi connectivity index (χ0n) is 6.54. The minimum atomic E-state index is -0.496. The van der Waals surface area contributed by atoms with Gasteiger partial charge in [0.05, 0.1) is 7.11 Å². The maximum Gasteiger partial charge on any atom is 0.118 e. The second-order valence-electron chi connectivity index (χ2n) is 2.18. The summed E-state index contributed by atoms with van der Waals surface area (Å²) in [5.41, 5.74) is 0. The van der Waals surface area contributed by atoms with Gasteiger partial charge in [-0.2, -0.15) is 0 Å². The fourth-order valence-electron chi connectivity index (χ4n) is 0.788. The molecule has 1 aromatic carbocycles. The molecule has 11 heavy (non-hydrogen) atoms. The van der Waals surface area contributed by atoms with E-state index in [1.165, 1.54) is 5.30 Å². The van der Waals surface area contributed by atoms with Gasteiger partial charge in [0.25, 0.3) is 0 Å². The number of benzene rings is 1. The molecule has 60 valence electrons. The molecule has 0 fully saturated rings. The van der Waals surface area contributed by atoms with Gasteiger partial charge in [-0.25, -0.2) is 0 Å². The number of rotatable bonds is 2. The van der Waals surface area contributed by atoms with E-state index in [0.717, 1.165) is 5.75 Å². The summed E-state index contributed by atoms with van der Waals surface area (Å²) in [5, 5.41) is 1.18. The van der Waals surface area contributed by atoms with Crippen LogP contribution in [0.3, 0.4) is 0 Å². The van der Waals surface area contributed by atoms with Gasteiger partial charge in [0.15, 0.2) is 0 Å². The normalized spacial score (nSPS) is 12.6. The molecule has 0 bridgehead atoms. The SMILES string of the molecule is COc1ccc(P(C)Cl)cc1. The van der Waals surface area contributed by atoms with Gasteiger partial charge in [-0.05, 0) is 36.2 Å². The topological polar surface area (TPSA) is 9.23 Å². The van der Waals surface area contributed by atoms with Crippen molar-refractivity contribution in [3.05, 3.63) is 24.3 Å². The lowest BCUT2D eigenvalue weighted by molar-refractivity contribution is 0.415. The van der Waals surface area contributed by atoms with Crippen molar-refractivity contribution in [2.75, 3.05) is 13.8 Å². The number of halogens is 1. The lowest BCUT2D eigenvalue weighted by Gasteiger charge is -2.03. The molecule has 0 radical (unpaired) electrons. The van der Waals surface area contributed by atoms with Crippen LogP contribution in [0.15, 0.2) is 24.3 Å². The molecule has 0 aromatic heterocycles. The second kappa shape index (κ2) is 3.94. The summed E-state index contributed by atoms with van der Waals surface area (Å²) in [7, 11) is 1.16. The molecule has 0 aliphatic heterocycles. The van der Waals surface area contributed by atoms with Crippen LogP contribution in [-0.4, -0.2) is 13.8 Å². The average molecular weight is 189 g/mol. The number of hydrogen-bond donors (Lipinski definition) is 0. The lowest BCUT2D eigenvalue weighted by atomic mass is 10.3. The van der Waals surface area contributed by atoms with E-state index in [1.54, 1.807) is 7.11 Å². The van der Waals surface area contributed by atoms with Crippen LogP contribution in [0.4, 0.5) is 0 Å². The quantitative estimate of drug-likeness (QED) is 0.649. The van der Waals surface area contributed by atoms with E-state index in [2.05, 4.69) is 0 Å². The van der Waals surface area contributed by atoms with Crippen LogP contribution in [-0.2, 0) is 0 Å². The van der Waals surface area contributed by atoms with E-state index in [4.69, 9.17) is 16.0 Å². The zero-order valence-corrected chi connectivity index (χ0v) is 8.19. The predicted octanol–water partition coefficient (Wildman–Crippen LogP) is 2.59. The first-order chi connectivity index (χ1) is 5.24. The van der Waals surface area contributed by atoms with Crippen LogP contribution in [0.25, 0.3) is 0 Å². The first-order valence-electron chi connectivity index (χ1n) is 3.27. The Balaban J connectivity index is 2.83. The smallest absolute Gasteiger partial charge is 0.118 e. The average Bonchev–Trinajstić information content (AvgIpc) is 2.05. The third-order valence-electron chi connectivity index (χ3n) is 1.43. The van der Waals surface area contributed by atoms with E-state index in [-0.39, 0.29) is 0 Å². The molecular formula is C8H10ClOP. The molecule has 0 heterocycles. The maximum absolute atomic E-state index is 5.92. The Morgan fingerprint density at radius 1 is 1.27 bits per heavy atom. The molecule has 1 rings (SSSR count). The zero-order chi connectivity index (χ0) is 8.27. The van der Waals surface area contributed by atoms with Crippen LogP contribution in [0.1, 0.15) is 0 Å². The van der Waals surface area contributed by atoms with Gasteiger partial charge in [-0.1, -0.05) is 11.2 Å². The molecule has 0 saturated carbocycles. The molecule has 3 heteroatoms. The maximum atomic E-state index is 5.92. The Labute approximate surface area is 72.9 Å². The van der Waals surface area contributed by atoms with E-state index < -0.39 is 7.27 Å². The Morgan fingerprint density at radius 3 is 2.18 bits per heavy atom. The first-order valence-corrected chi connectivity index (χ1v) is 5.97. The molecule has 0 spiro atoms. The molecule has 1 atom stereocenters. The second-order valence-corrected chi connectivity index (χ2v) is 5.17. The molecule has 0 saturated heterocycles. The summed E-state index contributed by atoms with van der Waals surface area (Å²) in [6, 6.07) is 7.85. The molecule has 0 amide bonds. The Morgan fingerprint density at radius 2 is 1.82 bits per heavy atom. The molecule has 1 nitrogen and oxygen atoms in total. The Kier molecular flexibility index (Phi) is 3.16. The molecular weight excluding hydrogens is 179 g/mol. The number of methoxy groups -OCH3 is 1. The van der Waals surface area contributed by atoms with Crippen molar-refractivity contribution < 1.29 is 4.74 Å². The van der Waals surface area contributed by atoms with Crippen molar-refractivity contribution in [3.63, 3.8) is 0 Å². The lowest BCUT2D eigenvalue weighted by Crippen LogP contribution is -1.95. The number of ether oxygens (including phenoxy) is 1. The van der Waals surface area contributed by atoms with Gasteiger partial charge in [0, 0.05) is 7.27 Å². The Hall–Kier alpha value is -0.260. The van der Waals surface area contributed by atoms with E-state index in [1.807, 2.05) is 30.9 Å². The van der Waals surface area contributed by atoms with Gasteiger partial charge >= 0.3 is 0 Å². The molecule has 0 aliphatic rings. The summed E-state index contributed by atoms with van der Waals surface area (Å²) >= 11 is 5.92. The van der Waals surface area contributed by atoms with Crippen LogP contribution in [0, 0.1) is 0 Å². The van der Waals surface area contributed by atoms with Crippen molar-refractivity contribution in [3.8, 4) is 5.75 Å². The highest BCUT2D eigenvalue weighted by Gasteiger charge is 1.99. The summed E-state index contributed by atoms with van der Waals surface area (Å²) in [6.45, 7) is 2.01. The third kappa shape index (κ3) is 2.36. The fourth-order valence-corrected chi connectivity index (χ4v) is 1.69. The highest BCUT2D eigenvalue weighted by molar-refractivity contribution is 7.89. The van der Waals surface area contributed by atoms with Crippen molar-refractivity contribution in [1.82, 2.24) is 0 Å². The highest BCUT2D eigenvalue weighted by Crippen LogP contribution is 2.35. The predicted molar refractivity (Wildman–Crippen MR) is 51.3 cm³/mol. The van der Waals surface area contributed by atoms with Gasteiger partial charge < -0.3 is 4.74 Å². The van der Waals surface area contributed by atoms with Crippen LogP contribution in [0.5, 0.6) is 5.75 Å². The van der Waals surface area contributed by atoms with E-state index >= 15 is 0 Å². The first kappa shape index (κ1) is 8.83. The minimum absolute atomic E-state index is 0.496. The van der Waals surface area contributed by atoms with E-state index in [9.17, 15) is 0 Å². The number of hydrogen-bond acceptors (Lipinski definition) is 1. The Bertz CT molecular complexity index is 220. The minimum Gasteiger partial charge on any atom is -0.497 e. The van der Waals surface area contributed by atoms with Crippen molar-refractivity contribution in [2.45, 2.75) is 0 Å². The van der Waals surface area contributed by atoms with Crippen LogP contribution >= 0.6 is 18.5 Å². The monoisotopic (exact) mass is 188 g/mol.